The van der Waals surface area contributed by atoms with Crippen LogP contribution in [0.5, 0.6) is 0 Å². The van der Waals surface area contributed by atoms with Gasteiger partial charge in [0.1, 0.15) is 0 Å². The summed E-state index contributed by atoms with van der Waals surface area (Å²) in [6, 6.07) is 0. The van der Waals surface area contributed by atoms with Crippen LogP contribution < -0.4 is 0 Å². The van der Waals surface area contributed by atoms with Gasteiger partial charge in [-0.25, -0.2) is 4.79 Å². The Balaban J connectivity index is 3.44. The minimum atomic E-state index is -0.331. The molecule has 0 atom stereocenters. The van der Waals surface area contributed by atoms with E-state index >= 15 is 0 Å². The molecule has 0 fully saturated rings. The molecule has 2 nitrogen and oxygen atoms in total. The summed E-state index contributed by atoms with van der Waals surface area (Å²) in [5.74, 6) is -0.331. The van der Waals surface area contributed by atoms with E-state index in [9.17, 15) is 4.79 Å². The zero-order valence-electron chi connectivity index (χ0n) is 7.38. The summed E-state index contributed by atoms with van der Waals surface area (Å²) >= 11 is 0. The van der Waals surface area contributed by atoms with Crippen LogP contribution in [0.1, 0.15) is 13.3 Å². The molecule has 0 spiro atoms. The van der Waals surface area contributed by atoms with Crippen LogP contribution in [-0.4, -0.2) is 12.6 Å². The molecule has 0 aromatic heterocycles. The van der Waals surface area contributed by atoms with Gasteiger partial charge < -0.3 is 4.74 Å². The molecule has 0 saturated carbocycles. The number of carbonyl (C=O) groups is 1. The molecule has 0 unspecified atom stereocenters. The molecule has 0 aliphatic heterocycles. The van der Waals surface area contributed by atoms with Gasteiger partial charge in [0.2, 0.25) is 0 Å². The summed E-state index contributed by atoms with van der Waals surface area (Å²) in [6.07, 6.45) is 6.10. The van der Waals surface area contributed by atoms with Gasteiger partial charge in [0.25, 0.3) is 0 Å². The largest absolute Gasteiger partial charge is 0.462 e. The Morgan fingerprint density at radius 2 is 2.25 bits per heavy atom. The molecule has 0 saturated heterocycles. The summed E-state index contributed by atoms with van der Waals surface area (Å²) in [6.45, 7) is 9.00. The van der Waals surface area contributed by atoms with E-state index in [1.165, 1.54) is 0 Å². The molecule has 0 heterocycles. The van der Waals surface area contributed by atoms with E-state index in [1.54, 1.807) is 13.0 Å². The number of carbonyl (C=O) groups excluding carboxylic acids is 1. The average Bonchev–Trinajstić information content (AvgIpc) is 2.03. The molecule has 2 heteroatoms. The maximum atomic E-state index is 10.8. The van der Waals surface area contributed by atoms with Crippen LogP contribution in [0.25, 0.3) is 0 Å². The lowest BCUT2D eigenvalue weighted by Gasteiger charge is -2.00. The standard InChI is InChI=1S/C10H14O2/c1-4-5-6-7-8-12-10(11)9(2)3/h4-6H,1-2,7-8H2,3H3. The van der Waals surface area contributed by atoms with Crippen molar-refractivity contribution < 1.29 is 9.53 Å². The van der Waals surface area contributed by atoms with Crippen molar-refractivity contribution in [2.45, 2.75) is 13.3 Å². The van der Waals surface area contributed by atoms with Crippen molar-refractivity contribution in [3.05, 3.63) is 37.0 Å². The summed E-state index contributed by atoms with van der Waals surface area (Å²) in [4.78, 5) is 10.8. The number of hydrogen-bond donors (Lipinski definition) is 0. The summed E-state index contributed by atoms with van der Waals surface area (Å²) in [5.41, 5.74) is 0.433. The van der Waals surface area contributed by atoms with Crippen molar-refractivity contribution in [1.82, 2.24) is 0 Å². The quantitative estimate of drug-likeness (QED) is 0.271. The molecule has 0 rings (SSSR count). The summed E-state index contributed by atoms with van der Waals surface area (Å²) in [7, 11) is 0. The summed E-state index contributed by atoms with van der Waals surface area (Å²) < 4.78 is 4.83. The van der Waals surface area contributed by atoms with Gasteiger partial charge in [-0.3, -0.25) is 0 Å². The Morgan fingerprint density at radius 1 is 1.58 bits per heavy atom. The lowest BCUT2D eigenvalue weighted by atomic mass is 10.3. The molecule has 0 aliphatic rings. The SMILES string of the molecule is C=CC=CCCOC(=O)C(=C)C. The third kappa shape index (κ3) is 5.47. The van der Waals surface area contributed by atoms with Crippen molar-refractivity contribution in [3.63, 3.8) is 0 Å². The Hall–Kier alpha value is -1.31. The molecule has 0 aromatic rings. The Kier molecular flexibility index (Phi) is 5.70. The van der Waals surface area contributed by atoms with Gasteiger partial charge >= 0.3 is 5.97 Å². The first-order chi connectivity index (χ1) is 5.68. The molecule has 0 bridgehead atoms. The number of allylic oxidation sites excluding steroid dienone is 2. The first-order valence-corrected chi connectivity index (χ1v) is 3.78. The number of esters is 1. The van der Waals surface area contributed by atoms with Gasteiger partial charge in [0.05, 0.1) is 6.61 Å². The minimum Gasteiger partial charge on any atom is -0.462 e. The second-order valence-electron chi connectivity index (χ2n) is 2.37. The molecule has 0 N–H and O–H groups in total. The van der Waals surface area contributed by atoms with Crippen molar-refractivity contribution in [1.29, 1.82) is 0 Å². The van der Waals surface area contributed by atoms with Crippen LogP contribution >= 0.6 is 0 Å². The smallest absolute Gasteiger partial charge is 0.333 e. The van der Waals surface area contributed by atoms with Gasteiger partial charge in [-0.2, -0.15) is 0 Å². The van der Waals surface area contributed by atoms with Crippen LogP contribution in [0.15, 0.2) is 37.0 Å². The molecule has 0 aromatic carbocycles. The molecule has 12 heavy (non-hydrogen) atoms. The van der Waals surface area contributed by atoms with E-state index in [0.717, 1.165) is 0 Å². The zero-order chi connectivity index (χ0) is 9.40. The third-order valence-electron chi connectivity index (χ3n) is 1.14. The second kappa shape index (κ2) is 6.40. The van der Waals surface area contributed by atoms with E-state index in [0.29, 0.717) is 18.6 Å². The Morgan fingerprint density at radius 3 is 2.75 bits per heavy atom. The molecular formula is C10H14O2. The van der Waals surface area contributed by atoms with Gasteiger partial charge in [0, 0.05) is 5.57 Å². The highest BCUT2D eigenvalue weighted by atomic mass is 16.5. The topological polar surface area (TPSA) is 26.3 Å². The van der Waals surface area contributed by atoms with Crippen LogP contribution in [0, 0.1) is 0 Å². The van der Waals surface area contributed by atoms with Gasteiger partial charge in [0.15, 0.2) is 0 Å². The van der Waals surface area contributed by atoms with E-state index in [4.69, 9.17) is 4.74 Å². The highest BCUT2D eigenvalue weighted by molar-refractivity contribution is 5.86. The number of hydrogen-bond acceptors (Lipinski definition) is 2. The fraction of sp³-hybridized carbons (Fsp3) is 0.300. The fourth-order valence-electron chi connectivity index (χ4n) is 0.535. The fourth-order valence-corrected chi connectivity index (χ4v) is 0.535. The van der Waals surface area contributed by atoms with Crippen molar-refractivity contribution in [2.24, 2.45) is 0 Å². The predicted octanol–water partition coefficient (Wildman–Crippen LogP) is 2.24. The predicted molar refractivity (Wildman–Crippen MR) is 49.7 cm³/mol. The normalized spacial score (nSPS) is 9.75. The average molecular weight is 166 g/mol. The summed E-state index contributed by atoms with van der Waals surface area (Å²) in [5, 5.41) is 0. The second-order valence-corrected chi connectivity index (χ2v) is 2.37. The van der Waals surface area contributed by atoms with Crippen molar-refractivity contribution in [2.75, 3.05) is 6.61 Å². The first kappa shape index (κ1) is 10.7. The number of ether oxygens (including phenoxy) is 1. The van der Waals surface area contributed by atoms with Crippen LogP contribution in [0.4, 0.5) is 0 Å². The highest BCUT2D eigenvalue weighted by Crippen LogP contribution is 1.93. The van der Waals surface area contributed by atoms with Crippen LogP contribution in [0.2, 0.25) is 0 Å². The van der Waals surface area contributed by atoms with Crippen LogP contribution in [0.3, 0.4) is 0 Å². The van der Waals surface area contributed by atoms with E-state index in [-0.39, 0.29) is 5.97 Å². The molecule has 66 valence electrons. The monoisotopic (exact) mass is 166 g/mol. The van der Waals surface area contributed by atoms with Gasteiger partial charge in [-0.1, -0.05) is 31.4 Å². The van der Waals surface area contributed by atoms with Gasteiger partial charge in [-0.15, -0.1) is 0 Å². The van der Waals surface area contributed by atoms with Gasteiger partial charge in [-0.05, 0) is 13.3 Å². The Bertz CT molecular complexity index is 202. The lowest BCUT2D eigenvalue weighted by Crippen LogP contribution is -2.05. The van der Waals surface area contributed by atoms with E-state index in [2.05, 4.69) is 13.2 Å². The molecule has 0 radical (unpaired) electrons. The molecule has 0 amide bonds. The first-order valence-electron chi connectivity index (χ1n) is 3.78. The minimum absolute atomic E-state index is 0.331. The lowest BCUT2D eigenvalue weighted by molar-refractivity contribution is -0.138. The van der Waals surface area contributed by atoms with E-state index < -0.39 is 0 Å². The zero-order valence-corrected chi connectivity index (χ0v) is 7.38. The maximum absolute atomic E-state index is 10.8. The highest BCUT2D eigenvalue weighted by Gasteiger charge is 2.00. The third-order valence-corrected chi connectivity index (χ3v) is 1.14. The molecule has 0 aliphatic carbocycles. The number of rotatable bonds is 5. The molecular weight excluding hydrogens is 152 g/mol. The maximum Gasteiger partial charge on any atom is 0.333 e. The van der Waals surface area contributed by atoms with E-state index in [1.807, 2.05) is 12.2 Å². The van der Waals surface area contributed by atoms with Crippen molar-refractivity contribution >= 4 is 5.97 Å². The Labute approximate surface area is 73.2 Å². The van der Waals surface area contributed by atoms with Crippen LogP contribution in [-0.2, 0) is 9.53 Å². The van der Waals surface area contributed by atoms with Crippen molar-refractivity contribution in [3.8, 4) is 0 Å².